The van der Waals surface area contributed by atoms with Crippen LogP contribution in [0.5, 0.6) is 0 Å². The highest BCUT2D eigenvalue weighted by Crippen LogP contribution is 2.24. The van der Waals surface area contributed by atoms with Crippen LogP contribution in [0.4, 0.5) is 0 Å². The van der Waals surface area contributed by atoms with Crippen LogP contribution < -0.4 is 0 Å². The molecule has 0 aromatic heterocycles. The van der Waals surface area contributed by atoms with E-state index in [4.69, 9.17) is 5.11 Å². The Labute approximate surface area is 89.4 Å². The first kappa shape index (κ1) is 11.7. The number of carboxylic acids is 1. The highest BCUT2D eigenvalue weighted by molar-refractivity contribution is 5.73. The van der Waals surface area contributed by atoms with Gasteiger partial charge in [0, 0.05) is 5.92 Å². The number of carbonyl (C=O) groups is 1. The Hall–Kier alpha value is -1.35. The van der Waals surface area contributed by atoms with Gasteiger partial charge in [-0.2, -0.15) is 0 Å². The molecule has 0 spiro atoms. The van der Waals surface area contributed by atoms with Crippen LogP contribution in [-0.2, 0) is 4.79 Å². The number of benzene rings is 1. The van der Waals surface area contributed by atoms with Crippen LogP contribution >= 0.6 is 0 Å². The molecule has 3 nitrogen and oxygen atoms in total. The van der Waals surface area contributed by atoms with Crippen molar-refractivity contribution in [2.45, 2.75) is 32.8 Å². The third-order valence-electron chi connectivity index (χ3n) is 2.65. The molecule has 0 radical (unpaired) electrons. The van der Waals surface area contributed by atoms with Crippen molar-refractivity contribution in [3.8, 4) is 0 Å². The van der Waals surface area contributed by atoms with Gasteiger partial charge in [0.25, 0.3) is 0 Å². The number of aryl methyl sites for hydroxylation is 2. The van der Waals surface area contributed by atoms with Gasteiger partial charge in [-0.3, -0.25) is 0 Å². The molecule has 82 valence electrons. The summed E-state index contributed by atoms with van der Waals surface area (Å²) in [6.45, 7) is 5.59. The van der Waals surface area contributed by atoms with E-state index in [0.29, 0.717) is 0 Å². The zero-order chi connectivity index (χ0) is 11.6. The van der Waals surface area contributed by atoms with Gasteiger partial charge in [-0.15, -0.1) is 0 Å². The summed E-state index contributed by atoms with van der Waals surface area (Å²) in [6, 6.07) is 5.83. The number of hydrogen-bond acceptors (Lipinski definition) is 2. The summed E-state index contributed by atoms with van der Waals surface area (Å²) in [6.07, 6.45) is -1.34. The normalized spacial score (nSPS) is 14.7. The lowest BCUT2D eigenvalue weighted by atomic mass is 9.90. The highest BCUT2D eigenvalue weighted by Gasteiger charge is 2.24. The third kappa shape index (κ3) is 2.57. The van der Waals surface area contributed by atoms with Gasteiger partial charge in [0.15, 0.2) is 6.10 Å². The van der Waals surface area contributed by atoms with E-state index in [9.17, 15) is 9.90 Å². The van der Waals surface area contributed by atoms with Gasteiger partial charge in [-0.1, -0.05) is 30.7 Å². The van der Waals surface area contributed by atoms with E-state index >= 15 is 0 Å². The molecule has 1 aromatic carbocycles. The molecule has 0 saturated heterocycles. The average Bonchev–Trinajstić information content (AvgIpc) is 2.19. The van der Waals surface area contributed by atoms with Crippen molar-refractivity contribution in [1.82, 2.24) is 0 Å². The van der Waals surface area contributed by atoms with Crippen molar-refractivity contribution in [1.29, 1.82) is 0 Å². The summed E-state index contributed by atoms with van der Waals surface area (Å²) in [7, 11) is 0. The van der Waals surface area contributed by atoms with E-state index in [2.05, 4.69) is 0 Å². The van der Waals surface area contributed by atoms with Crippen LogP contribution in [0.25, 0.3) is 0 Å². The van der Waals surface area contributed by atoms with E-state index in [1.54, 1.807) is 6.92 Å². The second-order valence-electron chi connectivity index (χ2n) is 3.93. The molecule has 1 rings (SSSR count). The predicted octanol–water partition coefficient (Wildman–Crippen LogP) is 1.85. The minimum Gasteiger partial charge on any atom is -0.479 e. The molecule has 0 aliphatic heterocycles. The Morgan fingerprint density at radius 1 is 1.33 bits per heavy atom. The lowest BCUT2D eigenvalue weighted by molar-refractivity contribution is -0.147. The Bertz CT molecular complexity index is 371. The second kappa shape index (κ2) is 4.45. The molecule has 0 fully saturated rings. The Balaban J connectivity index is 3.04. The maximum Gasteiger partial charge on any atom is 0.333 e. The molecule has 0 bridgehead atoms. The summed E-state index contributed by atoms with van der Waals surface area (Å²) in [5, 5.41) is 18.2. The molecule has 2 unspecified atom stereocenters. The second-order valence-corrected chi connectivity index (χ2v) is 3.93. The van der Waals surface area contributed by atoms with Gasteiger partial charge >= 0.3 is 5.97 Å². The van der Waals surface area contributed by atoms with Crippen molar-refractivity contribution in [3.63, 3.8) is 0 Å². The number of rotatable bonds is 3. The molecule has 3 heteroatoms. The van der Waals surface area contributed by atoms with Gasteiger partial charge in [-0.05, 0) is 25.0 Å². The summed E-state index contributed by atoms with van der Waals surface area (Å²) < 4.78 is 0. The van der Waals surface area contributed by atoms with Crippen molar-refractivity contribution in [2.24, 2.45) is 0 Å². The highest BCUT2D eigenvalue weighted by atomic mass is 16.4. The first-order chi connectivity index (χ1) is 6.93. The predicted molar refractivity (Wildman–Crippen MR) is 58.0 cm³/mol. The molecule has 0 saturated carbocycles. The van der Waals surface area contributed by atoms with Gasteiger partial charge in [-0.25, -0.2) is 4.79 Å². The molecule has 2 N–H and O–H groups in total. The molecule has 0 amide bonds. The fraction of sp³-hybridized carbons (Fsp3) is 0.417. The number of aliphatic carboxylic acids is 1. The fourth-order valence-electron chi connectivity index (χ4n) is 1.63. The minimum absolute atomic E-state index is 0.387. The average molecular weight is 208 g/mol. The summed E-state index contributed by atoms with van der Waals surface area (Å²) in [4.78, 5) is 10.7. The van der Waals surface area contributed by atoms with Gasteiger partial charge < -0.3 is 10.2 Å². The number of aliphatic hydroxyl groups excluding tert-OH is 1. The molecule has 15 heavy (non-hydrogen) atoms. The van der Waals surface area contributed by atoms with Crippen molar-refractivity contribution < 1.29 is 15.0 Å². The number of carboxylic acid groups (broad SMARTS) is 1. The maximum atomic E-state index is 10.7. The van der Waals surface area contributed by atoms with Crippen LogP contribution in [0, 0.1) is 13.8 Å². The molecule has 0 aliphatic rings. The van der Waals surface area contributed by atoms with Gasteiger partial charge in [0.1, 0.15) is 0 Å². The quantitative estimate of drug-likeness (QED) is 0.797. The summed E-state index contributed by atoms with van der Waals surface area (Å²) in [5.74, 6) is -1.56. The number of hydrogen-bond donors (Lipinski definition) is 2. The van der Waals surface area contributed by atoms with E-state index < -0.39 is 12.1 Å². The van der Waals surface area contributed by atoms with Crippen LogP contribution in [0.1, 0.15) is 29.5 Å². The molecular weight excluding hydrogens is 192 g/mol. The number of aliphatic hydroxyl groups is 1. The zero-order valence-corrected chi connectivity index (χ0v) is 9.19. The Morgan fingerprint density at radius 3 is 2.47 bits per heavy atom. The largest absolute Gasteiger partial charge is 0.479 e. The van der Waals surface area contributed by atoms with E-state index in [-0.39, 0.29) is 5.92 Å². The van der Waals surface area contributed by atoms with Crippen LogP contribution in [0.15, 0.2) is 18.2 Å². The molecule has 1 aromatic rings. The van der Waals surface area contributed by atoms with Crippen molar-refractivity contribution in [3.05, 3.63) is 34.9 Å². The van der Waals surface area contributed by atoms with Crippen LogP contribution in [0.3, 0.4) is 0 Å². The van der Waals surface area contributed by atoms with E-state index in [1.165, 1.54) is 0 Å². The monoisotopic (exact) mass is 208 g/mol. The van der Waals surface area contributed by atoms with Crippen molar-refractivity contribution >= 4 is 5.97 Å². The van der Waals surface area contributed by atoms with Crippen molar-refractivity contribution in [2.75, 3.05) is 0 Å². The summed E-state index contributed by atoms with van der Waals surface area (Å²) in [5.41, 5.74) is 2.97. The minimum atomic E-state index is -1.34. The summed E-state index contributed by atoms with van der Waals surface area (Å²) >= 11 is 0. The molecular formula is C12H16O3. The zero-order valence-electron chi connectivity index (χ0n) is 9.19. The van der Waals surface area contributed by atoms with Gasteiger partial charge in [0.2, 0.25) is 0 Å². The van der Waals surface area contributed by atoms with Crippen LogP contribution in [-0.4, -0.2) is 22.3 Å². The molecule has 0 heterocycles. The standard InChI is InChI=1S/C12H16O3/c1-7-4-5-8(2)10(6-7)9(3)11(13)12(14)15/h4-6,9,11,13H,1-3H3,(H,14,15). The first-order valence-electron chi connectivity index (χ1n) is 4.91. The topological polar surface area (TPSA) is 57.5 Å². The SMILES string of the molecule is Cc1ccc(C)c(C(C)C(O)C(=O)O)c1. The smallest absolute Gasteiger partial charge is 0.333 e. The first-order valence-corrected chi connectivity index (χ1v) is 4.91. The molecule has 0 aliphatic carbocycles. The fourth-order valence-corrected chi connectivity index (χ4v) is 1.63. The maximum absolute atomic E-state index is 10.7. The Kier molecular flexibility index (Phi) is 3.48. The molecule has 2 atom stereocenters. The van der Waals surface area contributed by atoms with E-state index in [1.807, 2.05) is 32.0 Å². The third-order valence-corrected chi connectivity index (χ3v) is 2.65. The lowest BCUT2D eigenvalue weighted by Gasteiger charge is -2.18. The van der Waals surface area contributed by atoms with E-state index in [0.717, 1.165) is 16.7 Å². The Morgan fingerprint density at radius 2 is 1.93 bits per heavy atom. The lowest BCUT2D eigenvalue weighted by Crippen LogP contribution is -2.26. The van der Waals surface area contributed by atoms with Gasteiger partial charge in [0.05, 0.1) is 0 Å². The van der Waals surface area contributed by atoms with Crippen LogP contribution in [0.2, 0.25) is 0 Å².